The van der Waals surface area contributed by atoms with Gasteiger partial charge in [-0.2, -0.15) is 0 Å². The highest BCUT2D eigenvalue weighted by molar-refractivity contribution is 8.00. The topological polar surface area (TPSA) is 61.8 Å². The summed E-state index contributed by atoms with van der Waals surface area (Å²) in [6, 6.07) is 8.78. The minimum atomic E-state index is -0.586. The molecule has 1 saturated heterocycles. The Labute approximate surface area is 134 Å². The zero-order chi connectivity index (χ0) is 16.2. The van der Waals surface area contributed by atoms with Crippen LogP contribution in [0.25, 0.3) is 0 Å². The van der Waals surface area contributed by atoms with Gasteiger partial charge in [-0.3, -0.25) is 4.79 Å². The fourth-order valence-electron chi connectivity index (χ4n) is 1.68. The Morgan fingerprint density at radius 3 is 2.59 bits per heavy atom. The van der Waals surface area contributed by atoms with Gasteiger partial charge in [-0.1, -0.05) is 18.2 Å². The summed E-state index contributed by atoms with van der Waals surface area (Å²) in [4.78, 5) is 23.6. The summed E-state index contributed by atoms with van der Waals surface area (Å²) in [6.07, 6.45) is -0.586. The van der Waals surface area contributed by atoms with Gasteiger partial charge >= 0.3 is 11.9 Å². The van der Waals surface area contributed by atoms with Crippen molar-refractivity contribution in [3.05, 3.63) is 35.9 Å². The van der Waals surface area contributed by atoms with Crippen molar-refractivity contribution in [1.82, 2.24) is 0 Å². The molecule has 0 radical (unpaired) electrons. The van der Waals surface area contributed by atoms with Crippen molar-refractivity contribution in [2.24, 2.45) is 5.41 Å². The number of rotatable bonds is 4. The molecule has 1 aliphatic rings. The largest absolute Gasteiger partial charge is 0.458 e. The van der Waals surface area contributed by atoms with Crippen molar-refractivity contribution < 1.29 is 23.8 Å². The Kier molecular flexibility index (Phi) is 5.47. The Bertz CT molecular complexity index is 523. The molecule has 1 heterocycles. The highest BCUT2D eigenvalue weighted by Gasteiger charge is 2.33. The minimum absolute atomic E-state index is 0.127. The number of hydrogen-bond donors (Lipinski definition) is 0. The van der Waals surface area contributed by atoms with E-state index < -0.39 is 11.7 Å². The summed E-state index contributed by atoms with van der Waals surface area (Å²) in [5.74, 6) is -0.157. The molecule has 1 aromatic carbocycles. The van der Waals surface area contributed by atoms with Crippen LogP contribution in [0, 0.1) is 5.41 Å². The Morgan fingerprint density at radius 1 is 1.27 bits per heavy atom. The molecule has 2 rings (SSSR count). The van der Waals surface area contributed by atoms with Gasteiger partial charge in [-0.25, -0.2) is 4.79 Å². The molecule has 1 aliphatic heterocycles. The molecule has 2 atom stereocenters. The van der Waals surface area contributed by atoms with E-state index in [9.17, 15) is 9.59 Å². The second kappa shape index (κ2) is 7.15. The van der Waals surface area contributed by atoms with Gasteiger partial charge in [0.1, 0.15) is 12.0 Å². The van der Waals surface area contributed by atoms with Crippen LogP contribution in [0.3, 0.4) is 0 Å². The van der Waals surface area contributed by atoms with Crippen LogP contribution in [0.2, 0.25) is 0 Å². The molecule has 0 aliphatic carbocycles. The molecule has 6 heteroatoms. The van der Waals surface area contributed by atoms with Crippen molar-refractivity contribution in [3.63, 3.8) is 0 Å². The van der Waals surface area contributed by atoms with Crippen molar-refractivity contribution in [3.8, 4) is 0 Å². The van der Waals surface area contributed by atoms with Gasteiger partial charge in [0, 0.05) is 0 Å². The first-order valence-electron chi connectivity index (χ1n) is 7.06. The normalized spacial score (nSPS) is 21.4. The van der Waals surface area contributed by atoms with Gasteiger partial charge in [-0.15, -0.1) is 11.8 Å². The second-order valence-electron chi connectivity index (χ2n) is 5.95. The number of carbonyl (C=O) groups excluding carboxylic acids is 2. The van der Waals surface area contributed by atoms with Crippen LogP contribution in [0.1, 0.15) is 31.1 Å². The molecular formula is C16H20O5S. The van der Waals surface area contributed by atoms with Crippen molar-refractivity contribution in [1.29, 1.82) is 0 Å². The van der Waals surface area contributed by atoms with E-state index in [-0.39, 0.29) is 24.0 Å². The molecule has 0 saturated carbocycles. The lowest BCUT2D eigenvalue weighted by molar-refractivity contribution is -0.183. The summed E-state index contributed by atoms with van der Waals surface area (Å²) in [6.45, 7) is 5.49. The Morgan fingerprint density at radius 2 is 1.95 bits per heavy atom. The van der Waals surface area contributed by atoms with Gasteiger partial charge < -0.3 is 14.2 Å². The molecule has 1 aromatic rings. The third-order valence-electron chi connectivity index (χ3n) is 2.93. The average Bonchev–Trinajstić information content (AvgIpc) is 2.92. The van der Waals surface area contributed by atoms with E-state index in [0.717, 1.165) is 0 Å². The molecular weight excluding hydrogens is 304 g/mol. The molecule has 0 N–H and O–H groups in total. The van der Waals surface area contributed by atoms with Crippen molar-refractivity contribution in [2.75, 3.05) is 12.4 Å². The smallest absolute Gasteiger partial charge is 0.338 e. The van der Waals surface area contributed by atoms with E-state index in [4.69, 9.17) is 14.2 Å². The maximum atomic E-state index is 11.8. The number of benzene rings is 1. The molecule has 0 bridgehead atoms. The monoisotopic (exact) mass is 324 g/mol. The quantitative estimate of drug-likeness (QED) is 0.794. The summed E-state index contributed by atoms with van der Waals surface area (Å²) in [5, 5.41) is 0. The van der Waals surface area contributed by atoms with Crippen LogP contribution in [-0.4, -0.2) is 36.0 Å². The zero-order valence-electron chi connectivity index (χ0n) is 12.9. The fourth-order valence-corrected chi connectivity index (χ4v) is 2.57. The Balaban J connectivity index is 1.75. The van der Waals surface area contributed by atoms with Crippen LogP contribution in [-0.2, 0) is 19.0 Å². The molecule has 120 valence electrons. The number of esters is 2. The zero-order valence-corrected chi connectivity index (χ0v) is 13.7. The molecule has 0 amide bonds. The molecule has 0 spiro atoms. The molecule has 0 aromatic heterocycles. The van der Waals surface area contributed by atoms with Crippen LogP contribution < -0.4 is 0 Å². The maximum Gasteiger partial charge on any atom is 0.338 e. The van der Waals surface area contributed by atoms with E-state index in [1.54, 1.807) is 45.0 Å². The van der Waals surface area contributed by atoms with E-state index in [2.05, 4.69) is 0 Å². The maximum absolute atomic E-state index is 11.8. The SMILES string of the molecule is CC(C)(C)C(=O)OC1CSC(COC(=O)c2ccccc2)O1. The summed E-state index contributed by atoms with van der Waals surface area (Å²) < 4.78 is 16.0. The lowest BCUT2D eigenvalue weighted by Gasteiger charge is -2.20. The van der Waals surface area contributed by atoms with E-state index in [1.807, 2.05) is 6.07 Å². The molecule has 5 nitrogen and oxygen atoms in total. The molecule has 2 unspecified atom stereocenters. The molecule has 1 fully saturated rings. The van der Waals surface area contributed by atoms with Crippen LogP contribution >= 0.6 is 11.8 Å². The highest BCUT2D eigenvalue weighted by atomic mass is 32.2. The van der Waals surface area contributed by atoms with Gasteiger partial charge in [-0.05, 0) is 32.9 Å². The number of thioether (sulfide) groups is 1. The van der Waals surface area contributed by atoms with Crippen LogP contribution in [0.4, 0.5) is 0 Å². The fraction of sp³-hybridized carbons (Fsp3) is 0.500. The molecule has 22 heavy (non-hydrogen) atoms. The van der Waals surface area contributed by atoms with Gasteiger partial charge in [0.2, 0.25) is 6.29 Å². The minimum Gasteiger partial charge on any atom is -0.458 e. The first-order chi connectivity index (χ1) is 10.4. The third kappa shape index (κ3) is 4.74. The first-order valence-corrected chi connectivity index (χ1v) is 8.11. The van der Waals surface area contributed by atoms with Crippen molar-refractivity contribution in [2.45, 2.75) is 32.5 Å². The number of carbonyl (C=O) groups is 2. The summed E-state index contributed by atoms with van der Waals surface area (Å²) in [7, 11) is 0. The number of hydrogen-bond acceptors (Lipinski definition) is 6. The predicted octanol–water partition coefficient (Wildman–Crippen LogP) is 2.85. The van der Waals surface area contributed by atoms with Gasteiger partial charge in [0.15, 0.2) is 0 Å². The van der Waals surface area contributed by atoms with Crippen LogP contribution in [0.5, 0.6) is 0 Å². The third-order valence-corrected chi connectivity index (χ3v) is 4.02. The Hall–Kier alpha value is -1.53. The van der Waals surface area contributed by atoms with Gasteiger partial charge in [0.05, 0.1) is 16.7 Å². The summed E-state index contributed by atoms with van der Waals surface area (Å²) in [5.41, 5.74) is -0.377. The van der Waals surface area contributed by atoms with E-state index in [1.165, 1.54) is 11.8 Å². The van der Waals surface area contributed by atoms with Crippen LogP contribution in [0.15, 0.2) is 30.3 Å². The predicted molar refractivity (Wildman–Crippen MR) is 83.4 cm³/mol. The van der Waals surface area contributed by atoms with Crippen molar-refractivity contribution >= 4 is 23.7 Å². The lowest BCUT2D eigenvalue weighted by Crippen LogP contribution is -2.30. The highest BCUT2D eigenvalue weighted by Crippen LogP contribution is 2.28. The first kappa shape index (κ1) is 16.8. The standard InChI is InChI=1S/C16H20O5S/c1-16(2,3)15(18)21-12-10-22-13(20-12)9-19-14(17)11-7-5-4-6-8-11/h4-8,12-13H,9-10H2,1-3H3. The van der Waals surface area contributed by atoms with E-state index >= 15 is 0 Å². The number of ether oxygens (including phenoxy) is 3. The second-order valence-corrected chi connectivity index (χ2v) is 7.14. The lowest BCUT2D eigenvalue weighted by atomic mass is 9.97. The summed E-state index contributed by atoms with van der Waals surface area (Å²) >= 11 is 1.46. The van der Waals surface area contributed by atoms with E-state index in [0.29, 0.717) is 11.3 Å². The van der Waals surface area contributed by atoms with Gasteiger partial charge in [0.25, 0.3) is 0 Å². The average molecular weight is 324 g/mol.